The highest BCUT2D eigenvalue weighted by Gasteiger charge is 2.44. The van der Waals surface area contributed by atoms with Gasteiger partial charge >= 0.3 is 6.03 Å². The minimum atomic E-state index is 0.120. The lowest BCUT2D eigenvalue weighted by Crippen LogP contribution is -2.64. The molecule has 1 saturated heterocycles. The number of likely N-dealkylation sites (N-methyl/N-ethyl adjacent to an activating group) is 1. The Morgan fingerprint density at radius 3 is 2.25 bits per heavy atom. The summed E-state index contributed by atoms with van der Waals surface area (Å²) in [4.78, 5) is 18.4. The Morgan fingerprint density at radius 1 is 1.05 bits per heavy atom. The number of allylic oxidation sites excluding steroid dienone is 2. The molecule has 0 spiro atoms. The number of hydrogen-bond acceptors (Lipinski definition) is 2. The molecule has 1 heterocycles. The van der Waals surface area contributed by atoms with Gasteiger partial charge in [-0.1, -0.05) is 12.2 Å². The van der Waals surface area contributed by atoms with Crippen molar-refractivity contribution in [2.45, 2.75) is 37.9 Å². The van der Waals surface area contributed by atoms with Crippen LogP contribution >= 0.6 is 0 Å². The molecule has 0 radical (unpaired) electrons. The molecule has 2 fully saturated rings. The Hall–Kier alpha value is -1.29. The van der Waals surface area contributed by atoms with Crippen molar-refractivity contribution >= 4 is 6.03 Å². The number of nitrogens with zero attached hydrogens (tertiary/aromatic N) is 3. The molecule has 3 rings (SSSR count). The molecule has 1 unspecified atom stereocenters. The molecule has 1 saturated carbocycles. The maximum Gasteiger partial charge on any atom is 0.321 e. The van der Waals surface area contributed by atoms with Crippen LogP contribution in [0, 0.1) is 5.92 Å². The first-order valence-electron chi connectivity index (χ1n) is 7.58. The zero-order valence-corrected chi connectivity index (χ0v) is 13.0. The molecule has 110 valence electrons. The third kappa shape index (κ3) is 1.97. The van der Waals surface area contributed by atoms with Gasteiger partial charge in [-0.2, -0.15) is 0 Å². The van der Waals surface area contributed by atoms with Gasteiger partial charge in [-0.3, -0.25) is 4.90 Å². The van der Waals surface area contributed by atoms with Gasteiger partial charge in [0.15, 0.2) is 0 Å². The second-order valence-electron chi connectivity index (χ2n) is 6.54. The SMILES string of the molecule is CN(C)C1[C@@H]2C=C3CCCCC3=C[C@@H]2N(C)C(=O)N1C. The number of urea groups is 1. The van der Waals surface area contributed by atoms with Crippen molar-refractivity contribution in [2.24, 2.45) is 5.92 Å². The number of fused-ring (bicyclic) bond motifs is 2. The van der Waals surface area contributed by atoms with Crippen LogP contribution in [-0.4, -0.2) is 61.1 Å². The fraction of sp³-hybridized carbons (Fsp3) is 0.688. The Bertz CT molecular complexity index is 480. The maximum atomic E-state index is 12.4. The molecule has 0 aromatic rings. The number of rotatable bonds is 1. The predicted molar refractivity (Wildman–Crippen MR) is 80.3 cm³/mol. The van der Waals surface area contributed by atoms with Crippen LogP contribution < -0.4 is 0 Å². The summed E-state index contributed by atoms with van der Waals surface area (Å²) < 4.78 is 0. The topological polar surface area (TPSA) is 26.8 Å². The first-order chi connectivity index (χ1) is 9.50. The molecule has 0 aromatic carbocycles. The highest BCUT2D eigenvalue weighted by atomic mass is 16.2. The van der Waals surface area contributed by atoms with E-state index in [0.29, 0.717) is 5.92 Å². The standard InChI is InChI=1S/C16H25N3O/c1-17(2)15-13-9-11-7-5-6-8-12(11)10-14(13)18(3)16(20)19(15)4/h9-10,13-15H,5-8H2,1-4H3/t13-,14+,15?/m1/s1. The fourth-order valence-corrected chi connectivity index (χ4v) is 4.05. The third-order valence-electron chi connectivity index (χ3n) is 5.04. The van der Waals surface area contributed by atoms with E-state index in [1.807, 2.05) is 23.9 Å². The zero-order chi connectivity index (χ0) is 14.4. The monoisotopic (exact) mass is 275 g/mol. The molecule has 4 nitrogen and oxygen atoms in total. The quantitative estimate of drug-likeness (QED) is 0.734. The average Bonchev–Trinajstić information content (AvgIpc) is 2.43. The van der Waals surface area contributed by atoms with E-state index in [4.69, 9.17) is 0 Å². The van der Waals surface area contributed by atoms with Crippen molar-refractivity contribution < 1.29 is 4.79 Å². The van der Waals surface area contributed by atoms with Crippen molar-refractivity contribution in [2.75, 3.05) is 28.2 Å². The van der Waals surface area contributed by atoms with E-state index < -0.39 is 0 Å². The summed E-state index contributed by atoms with van der Waals surface area (Å²) >= 11 is 0. The Kier molecular flexibility index (Phi) is 3.36. The lowest BCUT2D eigenvalue weighted by molar-refractivity contribution is 0.0152. The van der Waals surface area contributed by atoms with Gasteiger partial charge in [-0.05, 0) is 50.9 Å². The third-order valence-corrected chi connectivity index (χ3v) is 5.04. The normalized spacial score (nSPS) is 33.6. The van der Waals surface area contributed by atoms with Crippen LogP contribution in [0.15, 0.2) is 23.3 Å². The summed E-state index contributed by atoms with van der Waals surface area (Å²) in [7, 11) is 7.98. The van der Waals surface area contributed by atoms with Crippen LogP contribution in [0.5, 0.6) is 0 Å². The first-order valence-corrected chi connectivity index (χ1v) is 7.58. The van der Waals surface area contributed by atoms with E-state index >= 15 is 0 Å². The van der Waals surface area contributed by atoms with Crippen LogP contribution in [0.2, 0.25) is 0 Å². The van der Waals surface area contributed by atoms with Gasteiger partial charge in [-0.15, -0.1) is 0 Å². The van der Waals surface area contributed by atoms with Crippen LogP contribution in [0.25, 0.3) is 0 Å². The van der Waals surface area contributed by atoms with Crippen molar-refractivity contribution in [3.8, 4) is 0 Å². The van der Waals surface area contributed by atoms with Crippen molar-refractivity contribution in [3.05, 3.63) is 23.3 Å². The molecule has 2 amide bonds. The fourth-order valence-electron chi connectivity index (χ4n) is 4.05. The number of carbonyl (C=O) groups excluding carboxylic acids is 1. The second kappa shape index (κ2) is 4.92. The lowest BCUT2D eigenvalue weighted by Gasteiger charge is -2.51. The molecule has 0 bridgehead atoms. The first kappa shape index (κ1) is 13.7. The van der Waals surface area contributed by atoms with E-state index in [-0.39, 0.29) is 18.2 Å². The minimum absolute atomic E-state index is 0.120. The predicted octanol–water partition coefficient (Wildman–Crippen LogP) is 2.30. The lowest BCUT2D eigenvalue weighted by atomic mass is 9.77. The Labute approximate surface area is 121 Å². The van der Waals surface area contributed by atoms with Gasteiger partial charge < -0.3 is 9.80 Å². The summed E-state index contributed by atoms with van der Waals surface area (Å²) in [6.07, 6.45) is 9.93. The summed E-state index contributed by atoms with van der Waals surface area (Å²) in [5.41, 5.74) is 3.01. The molecule has 0 aromatic heterocycles. The van der Waals surface area contributed by atoms with Gasteiger partial charge in [0.25, 0.3) is 0 Å². The second-order valence-corrected chi connectivity index (χ2v) is 6.54. The van der Waals surface area contributed by atoms with Gasteiger partial charge in [0, 0.05) is 20.0 Å². The molecule has 3 atom stereocenters. The summed E-state index contributed by atoms with van der Waals surface area (Å²) in [5.74, 6) is 0.370. The summed E-state index contributed by atoms with van der Waals surface area (Å²) in [6.45, 7) is 0. The van der Waals surface area contributed by atoms with Crippen LogP contribution in [0.1, 0.15) is 25.7 Å². The van der Waals surface area contributed by atoms with Gasteiger partial charge in [0.1, 0.15) is 0 Å². The number of carbonyl (C=O) groups is 1. The van der Waals surface area contributed by atoms with E-state index in [1.54, 1.807) is 0 Å². The number of hydrogen-bond donors (Lipinski definition) is 0. The zero-order valence-electron chi connectivity index (χ0n) is 13.0. The van der Waals surface area contributed by atoms with Crippen molar-refractivity contribution in [1.82, 2.24) is 14.7 Å². The van der Waals surface area contributed by atoms with E-state index in [9.17, 15) is 4.79 Å². The van der Waals surface area contributed by atoms with E-state index in [2.05, 4.69) is 31.1 Å². The molecule has 0 N–H and O–H groups in total. The van der Waals surface area contributed by atoms with Crippen LogP contribution in [0.3, 0.4) is 0 Å². The average molecular weight is 275 g/mol. The Balaban J connectivity index is 2.00. The molecular formula is C16H25N3O. The minimum Gasteiger partial charge on any atom is -0.320 e. The summed E-state index contributed by atoms with van der Waals surface area (Å²) in [6, 6.07) is 0.331. The van der Waals surface area contributed by atoms with Crippen molar-refractivity contribution in [1.29, 1.82) is 0 Å². The molecule has 1 aliphatic heterocycles. The molecule has 2 aliphatic carbocycles. The van der Waals surface area contributed by atoms with E-state index in [0.717, 1.165) is 0 Å². The van der Waals surface area contributed by atoms with Crippen molar-refractivity contribution in [3.63, 3.8) is 0 Å². The van der Waals surface area contributed by atoms with E-state index in [1.165, 1.54) is 36.8 Å². The molecular weight excluding hydrogens is 250 g/mol. The molecule has 4 heteroatoms. The molecule has 3 aliphatic rings. The van der Waals surface area contributed by atoms with Gasteiger partial charge in [-0.25, -0.2) is 4.79 Å². The smallest absolute Gasteiger partial charge is 0.320 e. The van der Waals surface area contributed by atoms with Gasteiger partial charge in [0.2, 0.25) is 0 Å². The Morgan fingerprint density at radius 2 is 1.65 bits per heavy atom. The highest BCUT2D eigenvalue weighted by Crippen LogP contribution is 2.39. The van der Waals surface area contributed by atoms with Crippen LogP contribution in [-0.2, 0) is 0 Å². The highest BCUT2D eigenvalue weighted by molar-refractivity contribution is 5.76. The maximum absolute atomic E-state index is 12.4. The largest absolute Gasteiger partial charge is 0.321 e. The van der Waals surface area contributed by atoms with Gasteiger partial charge in [0.05, 0.1) is 12.2 Å². The number of amides is 2. The summed E-state index contributed by atoms with van der Waals surface area (Å²) in [5, 5.41) is 0. The van der Waals surface area contributed by atoms with Crippen LogP contribution in [0.4, 0.5) is 4.79 Å². The molecule has 20 heavy (non-hydrogen) atoms.